The smallest absolute Gasteiger partial charge is 0.251 e. The first kappa shape index (κ1) is 10.1. The van der Waals surface area contributed by atoms with Gasteiger partial charge in [-0.2, -0.15) is 0 Å². The van der Waals surface area contributed by atoms with Crippen LogP contribution in [0.1, 0.15) is 11.1 Å². The van der Waals surface area contributed by atoms with Gasteiger partial charge in [-0.1, -0.05) is 22.0 Å². The molecule has 1 aliphatic heterocycles. The van der Waals surface area contributed by atoms with Crippen molar-refractivity contribution in [3.63, 3.8) is 0 Å². The molecule has 1 aliphatic rings. The van der Waals surface area contributed by atoms with Crippen LogP contribution in [0.4, 0.5) is 8.78 Å². The summed E-state index contributed by atoms with van der Waals surface area (Å²) >= 11 is 3.37. The number of benzene rings is 1. The van der Waals surface area contributed by atoms with Gasteiger partial charge in [-0.05, 0) is 23.3 Å². The maximum atomic E-state index is 12.1. The fraction of sp³-hybridized carbons (Fsp3) is 0.400. The first-order valence-corrected chi connectivity index (χ1v) is 5.22. The molecule has 0 atom stereocenters. The van der Waals surface area contributed by atoms with Crippen LogP contribution in [0.25, 0.3) is 0 Å². The average Bonchev–Trinajstić information content (AvgIpc) is 2.44. The second-order valence-corrected chi connectivity index (χ2v) is 4.39. The van der Waals surface area contributed by atoms with Crippen molar-refractivity contribution in [1.82, 2.24) is 4.90 Å². The zero-order chi connectivity index (χ0) is 10.1. The van der Waals surface area contributed by atoms with E-state index in [1.807, 2.05) is 18.2 Å². The Kier molecular flexibility index (Phi) is 2.83. The third-order valence-electron chi connectivity index (χ3n) is 2.35. The van der Waals surface area contributed by atoms with Gasteiger partial charge in [-0.15, -0.1) is 0 Å². The van der Waals surface area contributed by atoms with Crippen molar-refractivity contribution in [2.75, 3.05) is 6.54 Å². The first-order chi connectivity index (χ1) is 6.65. The highest BCUT2D eigenvalue weighted by molar-refractivity contribution is 9.10. The molecule has 0 radical (unpaired) electrons. The van der Waals surface area contributed by atoms with Crippen LogP contribution in [-0.2, 0) is 13.1 Å². The van der Waals surface area contributed by atoms with Gasteiger partial charge in [0.1, 0.15) is 0 Å². The molecule has 1 nitrogen and oxygen atoms in total. The highest BCUT2D eigenvalue weighted by Crippen LogP contribution is 2.26. The molecule has 1 aromatic carbocycles. The number of hydrogen-bond acceptors (Lipinski definition) is 1. The Hall–Kier alpha value is -0.480. The summed E-state index contributed by atoms with van der Waals surface area (Å²) in [4.78, 5) is 1.77. The SMILES string of the molecule is FC(F)CN1Cc2ccc(Br)cc2C1. The lowest BCUT2D eigenvalue weighted by molar-refractivity contribution is 0.0873. The van der Waals surface area contributed by atoms with Gasteiger partial charge in [0.2, 0.25) is 0 Å². The standard InChI is InChI=1S/C10H10BrF2N/c11-9-2-1-7-4-14(6-10(12)13)5-8(7)3-9/h1-3,10H,4-6H2. The molecule has 0 saturated heterocycles. The molecule has 0 fully saturated rings. The summed E-state index contributed by atoms with van der Waals surface area (Å²) in [6.45, 7) is 1.15. The molecule has 4 heteroatoms. The molecule has 76 valence electrons. The second kappa shape index (κ2) is 3.95. The van der Waals surface area contributed by atoms with Gasteiger partial charge in [-0.25, -0.2) is 8.78 Å². The fourth-order valence-corrected chi connectivity index (χ4v) is 2.17. The molecule has 14 heavy (non-hydrogen) atoms. The molecule has 2 rings (SSSR count). The van der Waals surface area contributed by atoms with E-state index in [-0.39, 0.29) is 6.54 Å². The number of halogens is 3. The fourth-order valence-electron chi connectivity index (χ4n) is 1.76. The van der Waals surface area contributed by atoms with Gasteiger partial charge in [0.05, 0.1) is 6.54 Å². The normalized spacial score (nSPS) is 16.3. The second-order valence-electron chi connectivity index (χ2n) is 3.47. The number of alkyl halides is 2. The van der Waals surface area contributed by atoms with Gasteiger partial charge in [0, 0.05) is 17.6 Å². The van der Waals surface area contributed by atoms with E-state index in [0.29, 0.717) is 13.1 Å². The van der Waals surface area contributed by atoms with Gasteiger partial charge in [0.15, 0.2) is 0 Å². The summed E-state index contributed by atoms with van der Waals surface area (Å²) < 4.78 is 25.3. The molecule has 0 aliphatic carbocycles. The summed E-state index contributed by atoms with van der Waals surface area (Å²) in [5.41, 5.74) is 2.31. The molecule has 1 aromatic rings. The molecule has 0 aromatic heterocycles. The number of hydrogen-bond donors (Lipinski definition) is 0. The molecular formula is C10H10BrF2N. The lowest BCUT2D eigenvalue weighted by Gasteiger charge is -2.12. The Labute approximate surface area is 89.8 Å². The van der Waals surface area contributed by atoms with E-state index in [0.717, 1.165) is 15.6 Å². The molecule has 0 spiro atoms. The van der Waals surface area contributed by atoms with Gasteiger partial charge in [0.25, 0.3) is 6.43 Å². The number of rotatable bonds is 2. The van der Waals surface area contributed by atoms with E-state index < -0.39 is 6.43 Å². The van der Waals surface area contributed by atoms with Crippen molar-refractivity contribution >= 4 is 15.9 Å². The highest BCUT2D eigenvalue weighted by Gasteiger charge is 2.21. The third-order valence-corrected chi connectivity index (χ3v) is 2.85. The van der Waals surface area contributed by atoms with Crippen LogP contribution in [0.5, 0.6) is 0 Å². The lowest BCUT2D eigenvalue weighted by Crippen LogP contribution is -2.22. The molecule has 1 heterocycles. The van der Waals surface area contributed by atoms with E-state index in [9.17, 15) is 8.78 Å². The van der Waals surface area contributed by atoms with Crippen molar-refractivity contribution in [3.05, 3.63) is 33.8 Å². The summed E-state index contributed by atoms with van der Waals surface area (Å²) in [6, 6.07) is 5.94. The van der Waals surface area contributed by atoms with Crippen LogP contribution in [0.3, 0.4) is 0 Å². The maximum Gasteiger partial charge on any atom is 0.251 e. The van der Waals surface area contributed by atoms with Crippen LogP contribution in [0.2, 0.25) is 0 Å². The summed E-state index contributed by atoms with van der Waals surface area (Å²) in [5.74, 6) is 0. The summed E-state index contributed by atoms with van der Waals surface area (Å²) in [7, 11) is 0. The minimum absolute atomic E-state index is 0.133. The van der Waals surface area contributed by atoms with E-state index in [1.54, 1.807) is 4.90 Å². The molecule has 0 amide bonds. The summed E-state index contributed by atoms with van der Waals surface area (Å²) in [6.07, 6.45) is -2.24. The Bertz CT molecular complexity index is 341. The topological polar surface area (TPSA) is 3.24 Å². The number of nitrogens with zero attached hydrogens (tertiary/aromatic N) is 1. The average molecular weight is 262 g/mol. The third kappa shape index (κ3) is 2.12. The van der Waals surface area contributed by atoms with Crippen LogP contribution in [0.15, 0.2) is 22.7 Å². The van der Waals surface area contributed by atoms with Crippen LogP contribution in [-0.4, -0.2) is 17.9 Å². The number of fused-ring (bicyclic) bond motifs is 1. The highest BCUT2D eigenvalue weighted by atomic mass is 79.9. The Morgan fingerprint density at radius 2 is 2.00 bits per heavy atom. The molecular weight excluding hydrogens is 252 g/mol. The molecule has 0 unspecified atom stereocenters. The van der Waals surface area contributed by atoms with Gasteiger partial charge >= 0.3 is 0 Å². The van der Waals surface area contributed by atoms with Crippen molar-refractivity contribution in [1.29, 1.82) is 0 Å². The van der Waals surface area contributed by atoms with Crippen molar-refractivity contribution in [2.24, 2.45) is 0 Å². The largest absolute Gasteiger partial charge is 0.289 e. The molecule has 0 N–H and O–H groups in total. The maximum absolute atomic E-state index is 12.1. The lowest BCUT2D eigenvalue weighted by atomic mass is 10.1. The van der Waals surface area contributed by atoms with Crippen LogP contribution >= 0.6 is 15.9 Å². The van der Waals surface area contributed by atoms with E-state index in [1.165, 1.54) is 0 Å². The van der Waals surface area contributed by atoms with Gasteiger partial charge in [-0.3, -0.25) is 4.90 Å². The van der Waals surface area contributed by atoms with E-state index >= 15 is 0 Å². The van der Waals surface area contributed by atoms with Crippen LogP contribution < -0.4 is 0 Å². The Morgan fingerprint density at radius 1 is 1.29 bits per heavy atom. The van der Waals surface area contributed by atoms with Crippen molar-refractivity contribution in [3.8, 4) is 0 Å². The van der Waals surface area contributed by atoms with Gasteiger partial charge < -0.3 is 0 Å². The van der Waals surface area contributed by atoms with E-state index in [2.05, 4.69) is 15.9 Å². The van der Waals surface area contributed by atoms with Crippen molar-refractivity contribution < 1.29 is 8.78 Å². The Balaban J connectivity index is 2.10. The predicted molar refractivity (Wildman–Crippen MR) is 54.3 cm³/mol. The Morgan fingerprint density at radius 3 is 2.71 bits per heavy atom. The molecule has 0 bridgehead atoms. The monoisotopic (exact) mass is 261 g/mol. The quantitative estimate of drug-likeness (QED) is 0.791. The zero-order valence-corrected chi connectivity index (χ0v) is 9.10. The minimum atomic E-state index is -2.24. The minimum Gasteiger partial charge on any atom is -0.289 e. The zero-order valence-electron chi connectivity index (χ0n) is 7.51. The predicted octanol–water partition coefficient (Wildman–Crippen LogP) is 3.03. The first-order valence-electron chi connectivity index (χ1n) is 4.43. The van der Waals surface area contributed by atoms with E-state index in [4.69, 9.17) is 0 Å². The summed E-state index contributed by atoms with van der Waals surface area (Å²) in [5, 5.41) is 0. The molecule has 0 saturated carbocycles. The van der Waals surface area contributed by atoms with Crippen LogP contribution in [0, 0.1) is 0 Å². The van der Waals surface area contributed by atoms with Crippen molar-refractivity contribution in [2.45, 2.75) is 19.5 Å².